The number of halogens is 2. The molecule has 3 nitrogen and oxygen atoms in total. The maximum absolute atomic E-state index is 12.2. The van der Waals surface area contributed by atoms with Crippen LogP contribution in [0.15, 0.2) is 42.5 Å². The molecule has 0 unspecified atom stereocenters. The van der Waals surface area contributed by atoms with Crippen molar-refractivity contribution in [1.82, 2.24) is 0 Å². The van der Waals surface area contributed by atoms with Crippen molar-refractivity contribution >= 4 is 45.8 Å². The zero-order chi connectivity index (χ0) is 14.5. The van der Waals surface area contributed by atoms with Gasteiger partial charge in [0.1, 0.15) is 5.75 Å². The lowest BCUT2D eigenvalue weighted by atomic mass is 10.2. The predicted octanol–water partition coefficient (Wildman–Crippen LogP) is 4.60. The smallest absolute Gasteiger partial charge is 0.255 e. The first-order valence-electron chi connectivity index (χ1n) is 6.09. The molecule has 0 heterocycles. The Kier molecular flexibility index (Phi) is 5.25. The van der Waals surface area contributed by atoms with Gasteiger partial charge in [0.05, 0.1) is 17.3 Å². The first kappa shape index (κ1) is 15.1. The minimum absolute atomic E-state index is 0.213. The van der Waals surface area contributed by atoms with E-state index in [0.717, 1.165) is 3.57 Å². The molecule has 20 heavy (non-hydrogen) atoms. The predicted molar refractivity (Wildman–Crippen MR) is 89.7 cm³/mol. The molecule has 0 fully saturated rings. The third kappa shape index (κ3) is 3.86. The van der Waals surface area contributed by atoms with Gasteiger partial charge in [-0.05, 0) is 65.9 Å². The minimum atomic E-state index is -0.213. The zero-order valence-electron chi connectivity index (χ0n) is 10.8. The second-order valence-electron chi connectivity index (χ2n) is 4.04. The van der Waals surface area contributed by atoms with Crippen LogP contribution in [0.5, 0.6) is 5.75 Å². The molecule has 2 rings (SSSR count). The summed E-state index contributed by atoms with van der Waals surface area (Å²) in [6.07, 6.45) is 0. The molecule has 2 aromatic rings. The number of carbonyl (C=O) groups excluding carboxylic acids is 1. The van der Waals surface area contributed by atoms with Gasteiger partial charge in [0, 0.05) is 9.13 Å². The Morgan fingerprint density at radius 2 is 2.10 bits per heavy atom. The highest BCUT2D eigenvalue weighted by atomic mass is 127. The summed E-state index contributed by atoms with van der Waals surface area (Å²) in [5.74, 6) is 0.462. The van der Waals surface area contributed by atoms with Crippen LogP contribution in [0.25, 0.3) is 0 Å². The number of nitrogens with one attached hydrogen (secondary N) is 1. The van der Waals surface area contributed by atoms with E-state index in [9.17, 15) is 4.79 Å². The molecule has 0 aliphatic heterocycles. The minimum Gasteiger partial charge on any atom is -0.494 e. The standard InChI is InChI=1S/C15H13ClINO2/c1-2-20-12-5-3-4-10(8-12)15(19)18-14-7-6-11(17)9-13(14)16/h3-9H,2H2,1H3,(H,18,19). The number of anilines is 1. The fourth-order valence-corrected chi connectivity index (χ4v) is 2.58. The van der Waals surface area contributed by atoms with Crippen molar-refractivity contribution in [3.8, 4) is 5.75 Å². The fraction of sp³-hybridized carbons (Fsp3) is 0.133. The second-order valence-corrected chi connectivity index (χ2v) is 5.69. The second kappa shape index (κ2) is 6.95. The molecule has 1 N–H and O–H groups in total. The number of ether oxygens (including phenoxy) is 1. The first-order valence-corrected chi connectivity index (χ1v) is 7.55. The number of benzene rings is 2. The van der Waals surface area contributed by atoms with Crippen molar-refractivity contribution < 1.29 is 9.53 Å². The number of rotatable bonds is 4. The van der Waals surface area contributed by atoms with Crippen LogP contribution in [0.4, 0.5) is 5.69 Å². The lowest BCUT2D eigenvalue weighted by Crippen LogP contribution is -2.12. The maximum atomic E-state index is 12.2. The van der Waals surface area contributed by atoms with Crippen molar-refractivity contribution in [3.05, 3.63) is 56.6 Å². The van der Waals surface area contributed by atoms with Crippen LogP contribution < -0.4 is 10.1 Å². The molecule has 0 aliphatic rings. The van der Waals surface area contributed by atoms with E-state index in [1.165, 1.54) is 0 Å². The summed E-state index contributed by atoms with van der Waals surface area (Å²) in [4.78, 5) is 12.2. The fourth-order valence-electron chi connectivity index (χ4n) is 1.68. The quantitative estimate of drug-likeness (QED) is 0.761. The highest BCUT2D eigenvalue weighted by Gasteiger charge is 2.09. The largest absolute Gasteiger partial charge is 0.494 e. The molecular weight excluding hydrogens is 389 g/mol. The van der Waals surface area contributed by atoms with Gasteiger partial charge in [-0.2, -0.15) is 0 Å². The van der Waals surface area contributed by atoms with Gasteiger partial charge >= 0.3 is 0 Å². The molecule has 0 spiro atoms. The number of amides is 1. The summed E-state index contributed by atoms with van der Waals surface area (Å²) in [6, 6.07) is 12.5. The van der Waals surface area contributed by atoms with E-state index in [4.69, 9.17) is 16.3 Å². The van der Waals surface area contributed by atoms with E-state index >= 15 is 0 Å². The maximum Gasteiger partial charge on any atom is 0.255 e. The topological polar surface area (TPSA) is 38.3 Å². The molecule has 5 heteroatoms. The van der Waals surface area contributed by atoms with Crippen molar-refractivity contribution in [2.75, 3.05) is 11.9 Å². The monoisotopic (exact) mass is 401 g/mol. The normalized spacial score (nSPS) is 10.2. The Labute approximate surface area is 136 Å². The van der Waals surface area contributed by atoms with Gasteiger partial charge in [0.2, 0.25) is 0 Å². The van der Waals surface area contributed by atoms with Gasteiger partial charge in [-0.3, -0.25) is 4.79 Å². The zero-order valence-corrected chi connectivity index (χ0v) is 13.7. The van der Waals surface area contributed by atoms with Gasteiger partial charge in [0.25, 0.3) is 5.91 Å². The van der Waals surface area contributed by atoms with Crippen LogP contribution in [0.2, 0.25) is 5.02 Å². The Morgan fingerprint density at radius 1 is 1.30 bits per heavy atom. The molecule has 2 aromatic carbocycles. The van der Waals surface area contributed by atoms with Gasteiger partial charge < -0.3 is 10.1 Å². The van der Waals surface area contributed by atoms with Gasteiger partial charge in [0.15, 0.2) is 0 Å². The summed E-state index contributed by atoms with van der Waals surface area (Å²) in [6.45, 7) is 2.46. The lowest BCUT2D eigenvalue weighted by Gasteiger charge is -2.09. The van der Waals surface area contributed by atoms with Crippen molar-refractivity contribution in [2.24, 2.45) is 0 Å². The molecule has 0 aliphatic carbocycles. The SMILES string of the molecule is CCOc1cccc(C(=O)Nc2ccc(I)cc2Cl)c1. The molecule has 0 saturated heterocycles. The van der Waals surface area contributed by atoms with E-state index < -0.39 is 0 Å². The van der Waals surface area contributed by atoms with Crippen LogP contribution in [0, 0.1) is 3.57 Å². The molecule has 1 amide bonds. The molecule has 0 aromatic heterocycles. The van der Waals surface area contributed by atoms with Crippen molar-refractivity contribution in [1.29, 1.82) is 0 Å². The summed E-state index contributed by atoms with van der Waals surface area (Å²) in [7, 11) is 0. The number of carbonyl (C=O) groups is 1. The third-order valence-corrected chi connectivity index (χ3v) is 3.57. The summed E-state index contributed by atoms with van der Waals surface area (Å²) >= 11 is 8.26. The van der Waals surface area contributed by atoms with E-state index in [-0.39, 0.29) is 5.91 Å². The summed E-state index contributed by atoms with van der Waals surface area (Å²) in [5, 5.41) is 3.31. The van der Waals surface area contributed by atoms with Crippen LogP contribution in [0.1, 0.15) is 17.3 Å². The summed E-state index contributed by atoms with van der Waals surface area (Å²) < 4.78 is 6.40. The first-order chi connectivity index (χ1) is 9.60. The average Bonchev–Trinajstić information content (AvgIpc) is 2.42. The van der Waals surface area contributed by atoms with Crippen LogP contribution in [-0.4, -0.2) is 12.5 Å². The number of hydrogen-bond donors (Lipinski definition) is 1. The van der Waals surface area contributed by atoms with E-state index in [1.807, 2.05) is 19.1 Å². The molecule has 0 atom stereocenters. The molecular formula is C15H13ClINO2. The van der Waals surface area contributed by atoms with Crippen LogP contribution in [0.3, 0.4) is 0 Å². The molecule has 0 radical (unpaired) electrons. The molecule has 104 valence electrons. The highest BCUT2D eigenvalue weighted by Crippen LogP contribution is 2.24. The van der Waals surface area contributed by atoms with E-state index in [1.54, 1.807) is 30.3 Å². The molecule has 0 saturated carbocycles. The van der Waals surface area contributed by atoms with Crippen LogP contribution >= 0.6 is 34.2 Å². The average molecular weight is 402 g/mol. The Hall–Kier alpha value is -1.27. The summed E-state index contributed by atoms with van der Waals surface area (Å²) in [5.41, 5.74) is 1.13. The van der Waals surface area contributed by atoms with E-state index in [0.29, 0.717) is 28.6 Å². The highest BCUT2D eigenvalue weighted by molar-refractivity contribution is 14.1. The third-order valence-electron chi connectivity index (χ3n) is 2.59. The van der Waals surface area contributed by atoms with Crippen molar-refractivity contribution in [2.45, 2.75) is 6.92 Å². The van der Waals surface area contributed by atoms with Gasteiger partial charge in [-0.1, -0.05) is 17.7 Å². The van der Waals surface area contributed by atoms with Gasteiger partial charge in [-0.25, -0.2) is 0 Å². The lowest BCUT2D eigenvalue weighted by molar-refractivity contribution is 0.102. The van der Waals surface area contributed by atoms with E-state index in [2.05, 4.69) is 27.9 Å². The Bertz CT molecular complexity index is 631. The Morgan fingerprint density at radius 3 is 2.80 bits per heavy atom. The molecule has 0 bridgehead atoms. The Balaban J connectivity index is 2.17. The number of hydrogen-bond acceptors (Lipinski definition) is 2. The van der Waals surface area contributed by atoms with Gasteiger partial charge in [-0.15, -0.1) is 0 Å². The van der Waals surface area contributed by atoms with Crippen LogP contribution in [-0.2, 0) is 0 Å². The van der Waals surface area contributed by atoms with Crippen molar-refractivity contribution in [3.63, 3.8) is 0 Å².